The van der Waals surface area contributed by atoms with E-state index in [2.05, 4.69) is 33.9 Å². The third-order valence-corrected chi connectivity index (χ3v) is 10.1. The third-order valence-electron chi connectivity index (χ3n) is 7.22. The molecule has 1 saturated heterocycles. The van der Waals surface area contributed by atoms with Crippen molar-refractivity contribution in [3.8, 4) is 11.3 Å². The Kier molecular flexibility index (Phi) is 8.75. The second kappa shape index (κ2) is 12.4. The Balaban J connectivity index is 1.17. The third kappa shape index (κ3) is 6.75. The highest BCUT2D eigenvalue weighted by Crippen LogP contribution is 2.33. The van der Waals surface area contributed by atoms with Crippen LogP contribution in [0.3, 0.4) is 0 Å². The van der Waals surface area contributed by atoms with Gasteiger partial charge in [-0.25, -0.2) is 23.4 Å². The van der Waals surface area contributed by atoms with Crippen LogP contribution < -0.4 is 9.64 Å². The Morgan fingerprint density at radius 3 is 2.67 bits per heavy atom. The number of fused-ring (bicyclic) bond motifs is 1. The molecule has 39 heavy (non-hydrogen) atoms. The van der Waals surface area contributed by atoms with Crippen LogP contribution in [-0.2, 0) is 16.4 Å². The van der Waals surface area contributed by atoms with Crippen molar-refractivity contribution in [3.63, 3.8) is 0 Å². The SMILES string of the molecule is CCCc1cnc(N2CCC(Oc3nc4ccc(C5=CCN(S(=O)(=O)CCCC#N)CC5)cc4s3)CC2)nc1. The lowest BCUT2D eigenvalue weighted by Crippen LogP contribution is -2.39. The second-order valence-electron chi connectivity index (χ2n) is 10.0. The molecule has 0 unspecified atom stereocenters. The Bertz CT molecular complexity index is 1450. The van der Waals surface area contributed by atoms with Crippen molar-refractivity contribution in [1.29, 1.82) is 5.26 Å². The van der Waals surface area contributed by atoms with Gasteiger partial charge in [-0.1, -0.05) is 36.8 Å². The molecule has 0 N–H and O–H groups in total. The minimum Gasteiger partial charge on any atom is -0.467 e. The Hall–Kier alpha value is -3.07. The molecule has 0 aliphatic carbocycles. The van der Waals surface area contributed by atoms with Gasteiger partial charge >= 0.3 is 0 Å². The first-order chi connectivity index (χ1) is 18.9. The van der Waals surface area contributed by atoms with Crippen molar-refractivity contribution in [1.82, 2.24) is 19.3 Å². The molecule has 2 aromatic heterocycles. The summed E-state index contributed by atoms with van der Waals surface area (Å²) in [7, 11) is -3.33. The van der Waals surface area contributed by atoms with Gasteiger partial charge < -0.3 is 9.64 Å². The fraction of sp³-hybridized carbons (Fsp3) is 0.500. The molecule has 1 aromatic carbocycles. The van der Waals surface area contributed by atoms with Gasteiger partial charge in [-0.2, -0.15) is 9.57 Å². The van der Waals surface area contributed by atoms with E-state index in [0.717, 1.165) is 66.1 Å². The summed E-state index contributed by atoms with van der Waals surface area (Å²) in [6.45, 7) is 4.69. The minimum absolute atomic E-state index is 0.0261. The number of benzene rings is 1. The fourth-order valence-electron chi connectivity index (χ4n) is 5.03. The summed E-state index contributed by atoms with van der Waals surface area (Å²) in [4.78, 5) is 16.0. The zero-order valence-corrected chi connectivity index (χ0v) is 23.9. The van der Waals surface area contributed by atoms with Gasteiger partial charge in [0.05, 0.1) is 22.0 Å². The molecule has 0 atom stereocenters. The lowest BCUT2D eigenvalue weighted by Gasteiger charge is -2.31. The smallest absolute Gasteiger partial charge is 0.274 e. The predicted molar refractivity (Wildman–Crippen MR) is 154 cm³/mol. The number of piperidine rings is 1. The van der Waals surface area contributed by atoms with Crippen molar-refractivity contribution < 1.29 is 13.2 Å². The number of thiazole rings is 1. The molecule has 0 spiro atoms. The molecule has 0 radical (unpaired) electrons. The standard InChI is InChI=1S/C28H34N6O3S2/c1-2-5-21-19-30-27(31-20-21)33-13-10-24(11-14-33)37-28-32-25-7-6-23(18-26(25)38-28)22-8-15-34(16-9-22)39(35,36)17-4-3-12-29/h6-8,18-20,24H,2-5,9-11,13-17H2,1H3. The number of ether oxygens (including phenoxy) is 1. The summed E-state index contributed by atoms with van der Waals surface area (Å²) in [5, 5.41) is 9.36. The van der Waals surface area contributed by atoms with Crippen LogP contribution in [0.25, 0.3) is 15.8 Å². The van der Waals surface area contributed by atoms with Gasteiger partial charge in [0.2, 0.25) is 16.0 Å². The van der Waals surface area contributed by atoms with E-state index in [0.29, 0.717) is 31.1 Å². The Morgan fingerprint density at radius 1 is 1.18 bits per heavy atom. The molecule has 0 amide bonds. The highest BCUT2D eigenvalue weighted by molar-refractivity contribution is 7.89. The summed E-state index contributed by atoms with van der Waals surface area (Å²) in [5.74, 6) is 0.815. The van der Waals surface area contributed by atoms with Crippen molar-refractivity contribution in [2.45, 2.75) is 58.0 Å². The van der Waals surface area contributed by atoms with Crippen LogP contribution in [0.4, 0.5) is 5.95 Å². The monoisotopic (exact) mass is 566 g/mol. The molecule has 1 fully saturated rings. The van der Waals surface area contributed by atoms with Gasteiger partial charge in [0.1, 0.15) is 6.10 Å². The second-order valence-corrected chi connectivity index (χ2v) is 13.1. The average Bonchev–Trinajstić information content (AvgIpc) is 3.36. The average molecular weight is 567 g/mol. The molecular weight excluding hydrogens is 532 g/mol. The molecular formula is C28H34N6O3S2. The van der Waals surface area contributed by atoms with Crippen LogP contribution in [0.15, 0.2) is 36.7 Å². The van der Waals surface area contributed by atoms with Crippen molar-refractivity contribution in [2.75, 3.05) is 36.8 Å². The number of hydrogen-bond donors (Lipinski definition) is 0. The number of nitriles is 1. The number of aryl methyl sites for hydroxylation is 1. The number of aromatic nitrogens is 3. The molecule has 0 bridgehead atoms. The quantitative estimate of drug-likeness (QED) is 0.322. The number of hydrogen-bond acceptors (Lipinski definition) is 9. The van der Waals surface area contributed by atoms with Gasteiger partial charge in [-0.05, 0) is 48.1 Å². The normalized spacial score (nSPS) is 17.2. The Morgan fingerprint density at radius 2 is 1.97 bits per heavy atom. The topological polar surface area (TPSA) is 112 Å². The fourth-order valence-corrected chi connectivity index (χ4v) is 7.39. The largest absolute Gasteiger partial charge is 0.467 e. The first-order valence-electron chi connectivity index (χ1n) is 13.6. The van der Waals surface area contributed by atoms with Gasteiger partial charge in [0, 0.05) is 57.8 Å². The van der Waals surface area contributed by atoms with Crippen LogP contribution in [-0.4, -0.2) is 65.7 Å². The van der Waals surface area contributed by atoms with E-state index in [4.69, 9.17) is 15.0 Å². The molecule has 4 heterocycles. The van der Waals surface area contributed by atoms with Crippen LogP contribution >= 0.6 is 11.3 Å². The maximum absolute atomic E-state index is 12.5. The van der Waals surface area contributed by atoms with Gasteiger partial charge in [-0.15, -0.1) is 0 Å². The predicted octanol–water partition coefficient (Wildman–Crippen LogP) is 4.81. The minimum atomic E-state index is -3.33. The summed E-state index contributed by atoms with van der Waals surface area (Å²) in [6, 6.07) is 8.21. The summed E-state index contributed by atoms with van der Waals surface area (Å²) in [6.07, 6.45) is 11.2. The maximum atomic E-state index is 12.5. The first-order valence-corrected chi connectivity index (χ1v) is 16.0. The molecule has 3 aromatic rings. The van der Waals surface area contributed by atoms with E-state index in [1.165, 1.54) is 9.87 Å². The van der Waals surface area contributed by atoms with E-state index >= 15 is 0 Å². The molecule has 9 nitrogen and oxygen atoms in total. The Labute approximate surface area is 234 Å². The van der Waals surface area contributed by atoms with Gasteiger partial charge in [0.25, 0.3) is 5.19 Å². The highest BCUT2D eigenvalue weighted by Gasteiger charge is 2.25. The van der Waals surface area contributed by atoms with Crippen LogP contribution in [0, 0.1) is 11.3 Å². The lowest BCUT2D eigenvalue weighted by molar-refractivity contribution is 0.170. The lowest BCUT2D eigenvalue weighted by atomic mass is 10.0. The van der Waals surface area contributed by atoms with Gasteiger partial charge in [0.15, 0.2) is 0 Å². The molecule has 0 saturated carbocycles. The molecule has 11 heteroatoms. The van der Waals surface area contributed by atoms with E-state index in [1.807, 2.05) is 30.6 Å². The molecule has 5 rings (SSSR count). The van der Waals surface area contributed by atoms with E-state index < -0.39 is 10.0 Å². The summed E-state index contributed by atoms with van der Waals surface area (Å²) < 4.78 is 33.9. The summed E-state index contributed by atoms with van der Waals surface area (Å²) in [5.41, 5.74) is 4.33. The number of rotatable bonds is 10. The van der Waals surface area contributed by atoms with Crippen molar-refractivity contribution in [2.24, 2.45) is 0 Å². The zero-order valence-electron chi connectivity index (χ0n) is 22.3. The van der Waals surface area contributed by atoms with Gasteiger partial charge in [-0.3, -0.25) is 0 Å². The van der Waals surface area contributed by atoms with Crippen molar-refractivity contribution in [3.05, 3.63) is 47.8 Å². The number of anilines is 1. The number of nitrogens with zero attached hydrogens (tertiary/aromatic N) is 6. The van der Waals surface area contributed by atoms with Crippen LogP contribution in [0.2, 0.25) is 0 Å². The first kappa shape index (κ1) is 27.5. The number of sulfonamides is 1. The highest BCUT2D eigenvalue weighted by atomic mass is 32.2. The van der Waals surface area contributed by atoms with E-state index in [1.54, 1.807) is 11.3 Å². The number of unbranched alkanes of at least 4 members (excludes halogenated alkanes) is 1. The van der Waals surface area contributed by atoms with E-state index in [9.17, 15) is 8.42 Å². The zero-order chi connectivity index (χ0) is 27.2. The summed E-state index contributed by atoms with van der Waals surface area (Å²) >= 11 is 1.56. The van der Waals surface area contributed by atoms with Crippen molar-refractivity contribution >= 4 is 43.1 Å². The maximum Gasteiger partial charge on any atom is 0.274 e. The molecule has 206 valence electrons. The molecule has 2 aliphatic heterocycles. The van der Waals surface area contributed by atoms with Crippen LogP contribution in [0.5, 0.6) is 5.19 Å². The van der Waals surface area contributed by atoms with E-state index in [-0.39, 0.29) is 18.3 Å². The molecule has 2 aliphatic rings. The van der Waals surface area contributed by atoms with Crippen LogP contribution in [0.1, 0.15) is 56.6 Å².